The molecule has 0 bridgehead atoms. The molecule has 2 heterocycles. The molecule has 0 aliphatic rings. The molecule has 0 radical (unpaired) electrons. The van der Waals surface area contributed by atoms with Crippen molar-refractivity contribution in [2.75, 3.05) is 6.54 Å². The van der Waals surface area contributed by atoms with Crippen LogP contribution in [-0.2, 0) is 6.54 Å². The van der Waals surface area contributed by atoms with E-state index in [1.807, 2.05) is 30.3 Å². The molecule has 0 saturated carbocycles. The van der Waals surface area contributed by atoms with Crippen molar-refractivity contribution < 1.29 is 19.0 Å². The molecule has 0 aliphatic heterocycles. The van der Waals surface area contributed by atoms with Crippen LogP contribution in [0.3, 0.4) is 0 Å². The van der Waals surface area contributed by atoms with Crippen molar-refractivity contribution in [1.82, 2.24) is 4.90 Å². The zero-order chi connectivity index (χ0) is 17.6. The molecular weight excluding hydrogens is 320 g/mol. The Hall–Kier alpha value is -3.12. The molecule has 0 fully saturated rings. The van der Waals surface area contributed by atoms with E-state index in [4.69, 9.17) is 4.42 Å². The van der Waals surface area contributed by atoms with Crippen molar-refractivity contribution in [2.45, 2.75) is 12.6 Å². The van der Waals surface area contributed by atoms with Crippen molar-refractivity contribution in [1.29, 1.82) is 0 Å². The molecule has 6 heteroatoms. The van der Waals surface area contributed by atoms with Gasteiger partial charge >= 0.3 is 5.91 Å². The van der Waals surface area contributed by atoms with E-state index in [1.54, 1.807) is 24.3 Å². The molecule has 1 amide bonds. The minimum atomic E-state index is -0.980. The summed E-state index contributed by atoms with van der Waals surface area (Å²) in [4.78, 5) is 14.3. The third kappa shape index (κ3) is 4.05. The summed E-state index contributed by atoms with van der Waals surface area (Å²) in [5.41, 5.74) is 0.904. The highest BCUT2D eigenvalue weighted by Crippen LogP contribution is 2.17. The van der Waals surface area contributed by atoms with E-state index in [1.165, 1.54) is 23.4 Å². The summed E-state index contributed by atoms with van der Waals surface area (Å²) in [5.74, 6) is -0.0843. The van der Waals surface area contributed by atoms with E-state index in [0.29, 0.717) is 10.5 Å². The zero-order valence-electron chi connectivity index (χ0n) is 13.5. The van der Waals surface area contributed by atoms with Crippen LogP contribution in [0, 0.1) is 5.21 Å². The monoisotopic (exact) mass is 338 g/mol. The fraction of sp³-hybridized carbons (Fsp3) is 0.158. The van der Waals surface area contributed by atoms with Gasteiger partial charge in [-0.3, -0.25) is 4.79 Å². The molecular formula is C19H18N2O4. The average molecular weight is 338 g/mol. The molecule has 0 aliphatic carbocycles. The molecule has 6 nitrogen and oxygen atoms in total. The second kappa shape index (κ2) is 7.63. The van der Waals surface area contributed by atoms with E-state index < -0.39 is 12.0 Å². The Morgan fingerprint density at radius 1 is 1.12 bits per heavy atom. The molecule has 1 atom stereocenters. The van der Waals surface area contributed by atoms with Gasteiger partial charge in [0.05, 0.1) is 12.8 Å². The highest BCUT2D eigenvalue weighted by molar-refractivity contribution is 5.90. The number of pyridine rings is 1. The summed E-state index contributed by atoms with van der Waals surface area (Å²) in [5, 5.41) is 22.3. The lowest BCUT2D eigenvalue weighted by molar-refractivity contribution is -0.608. The van der Waals surface area contributed by atoms with Crippen LogP contribution in [0.1, 0.15) is 27.9 Å². The highest BCUT2D eigenvalue weighted by Gasteiger charge is 2.26. The maximum absolute atomic E-state index is 12.8. The minimum Gasteiger partial charge on any atom is -0.618 e. The van der Waals surface area contributed by atoms with Crippen LogP contribution in [0.25, 0.3) is 0 Å². The third-order valence-electron chi connectivity index (χ3n) is 3.81. The topological polar surface area (TPSA) is 80.6 Å². The standard InChI is InChI=1S/C19H18N2O4/c22-17(18-10-6-12-25-18)14-20(13-15-7-2-1-3-8-15)19(23)16-9-4-5-11-21(16)24/h1-12,17,22H,13-14H2. The van der Waals surface area contributed by atoms with Gasteiger partial charge in [-0.25, -0.2) is 0 Å². The zero-order valence-corrected chi connectivity index (χ0v) is 13.5. The molecule has 128 valence electrons. The van der Waals surface area contributed by atoms with Crippen molar-refractivity contribution in [3.05, 3.63) is 95.3 Å². The number of aromatic nitrogens is 1. The third-order valence-corrected chi connectivity index (χ3v) is 3.81. The van der Waals surface area contributed by atoms with Gasteiger partial charge in [0.2, 0.25) is 0 Å². The number of rotatable bonds is 6. The summed E-state index contributed by atoms with van der Waals surface area (Å²) in [7, 11) is 0. The van der Waals surface area contributed by atoms with Gasteiger partial charge in [0.15, 0.2) is 6.20 Å². The van der Waals surface area contributed by atoms with Crippen LogP contribution in [0.5, 0.6) is 0 Å². The number of benzene rings is 1. The number of furan rings is 1. The van der Waals surface area contributed by atoms with E-state index in [0.717, 1.165) is 5.56 Å². The first-order valence-corrected chi connectivity index (χ1v) is 7.88. The van der Waals surface area contributed by atoms with E-state index in [-0.39, 0.29) is 18.8 Å². The molecule has 25 heavy (non-hydrogen) atoms. The van der Waals surface area contributed by atoms with Crippen molar-refractivity contribution in [2.24, 2.45) is 0 Å². The average Bonchev–Trinajstić information content (AvgIpc) is 3.17. The number of aliphatic hydroxyl groups is 1. The Bertz CT molecular complexity index is 818. The predicted molar refractivity (Wildman–Crippen MR) is 90.3 cm³/mol. The van der Waals surface area contributed by atoms with E-state index >= 15 is 0 Å². The van der Waals surface area contributed by atoms with Gasteiger partial charge < -0.3 is 19.6 Å². The SMILES string of the molecule is O=C(c1cccc[n+]1[O-])N(Cc1ccccc1)CC(O)c1ccco1. The lowest BCUT2D eigenvalue weighted by Crippen LogP contribution is -2.42. The summed E-state index contributed by atoms with van der Waals surface area (Å²) in [6.45, 7) is 0.280. The lowest BCUT2D eigenvalue weighted by atomic mass is 10.1. The molecule has 3 aromatic rings. The first kappa shape index (κ1) is 16.7. The van der Waals surface area contributed by atoms with Crippen molar-refractivity contribution in [3.8, 4) is 0 Å². The lowest BCUT2D eigenvalue weighted by Gasteiger charge is -2.24. The molecule has 0 spiro atoms. The Labute approximate surface area is 145 Å². The van der Waals surface area contributed by atoms with Gasteiger partial charge in [0, 0.05) is 18.7 Å². The fourth-order valence-electron chi connectivity index (χ4n) is 2.56. The predicted octanol–water partition coefficient (Wildman–Crippen LogP) is 2.29. The number of carbonyl (C=O) groups excluding carboxylic acids is 1. The summed E-state index contributed by atoms with van der Waals surface area (Å²) >= 11 is 0. The fourth-order valence-corrected chi connectivity index (χ4v) is 2.56. The normalized spacial score (nSPS) is 11.9. The van der Waals surface area contributed by atoms with Gasteiger partial charge in [-0.05, 0) is 23.8 Å². The molecule has 3 rings (SSSR count). The maximum Gasteiger partial charge on any atom is 0.320 e. The smallest absolute Gasteiger partial charge is 0.320 e. The van der Waals surface area contributed by atoms with Gasteiger partial charge in [-0.2, -0.15) is 4.73 Å². The Morgan fingerprint density at radius 2 is 1.88 bits per heavy atom. The Balaban J connectivity index is 1.85. The van der Waals surface area contributed by atoms with Crippen molar-refractivity contribution in [3.63, 3.8) is 0 Å². The van der Waals surface area contributed by atoms with Gasteiger partial charge in [0.1, 0.15) is 11.9 Å². The minimum absolute atomic E-state index is 0.00470. The largest absolute Gasteiger partial charge is 0.618 e. The maximum atomic E-state index is 12.8. The van der Waals surface area contributed by atoms with Crippen LogP contribution in [0.15, 0.2) is 77.5 Å². The van der Waals surface area contributed by atoms with Crippen LogP contribution in [0.4, 0.5) is 0 Å². The molecule has 1 unspecified atom stereocenters. The second-order valence-corrected chi connectivity index (χ2v) is 5.61. The number of nitrogens with zero attached hydrogens (tertiary/aromatic N) is 2. The molecule has 1 aromatic carbocycles. The number of aliphatic hydroxyl groups excluding tert-OH is 1. The van der Waals surface area contributed by atoms with Crippen LogP contribution < -0.4 is 4.73 Å². The summed E-state index contributed by atoms with van der Waals surface area (Å²) in [6, 6.07) is 17.4. The van der Waals surface area contributed by atoms with E-state index in [2.05, 4.69) is 0 Å². The van der Waals surface area contributed by atoms with Gasteiger partial charge in [-0.15, -0.1) is 0 Å². The number of hydrogen-bond donors (Lipinski definition) is 1. The Morgan fingerprint density at radius 3 is 2.56 bits per heavy atom. The first-order chi connectivity index (χ1) is 12.1. The number of amides is 1. The molecule has 2 aromatic heterocycles. The molecule has 1 N–H and O–H groups in total. The van der Waals surface area contributed by atoms with Crippen LogP contribution >= 0.6 is 0 Å². The quantitative estimate of drug-likeness (QED) is 0.552. The summed E-state index contributed by atoms with van der Waals surface area (Å²) in [6.07, 6.45) is 1.76. The number of hydrogen-bond acceptors (Lipinski definition) is 4. The Kier molecular flexibility index (Phi) is 5.11. The van der Waals surface area contributed by atoms with Crippen LogP contribution in [0.2, 0.25) is 0 Å². The van der Waals surface area contributed by atoms with Crippen LogP contribution in [-0.4, -0.2) is 22.5 Å². The highest BCUT2D eigenvalue weighted by atomic mass is 16.5. The van der Waals surface area contributed by atoms with E-state index in [9.17, 15) is 15.1 Å². The second-order valence-electron chi connectivity index (χ2n) is 5.61. The summed E-state index contributed by atoms with van der Waals surface area (Å²) < 4.78 is 5.73. The first-order valence-electron chi connectivity index (χ1n) is 7.88. The number of carbonyl (C=O) groups is 1. The van der Waals surface area contributed by atoms with Crippen molar-refractivity contribution >= 4 is 5.91 Å². The van der Waals surface area contributed by atoms with Gasteiger partial charge in [0.25, 0.3) is 5.69 Å². The van der Waals surface area contributed by atoms with Gasteiger partial charge in [-0.1, -0.05) is 30.3 Å². The molecule has 0 saturated heterocycles.